The second-order valence-electron chi connectivity index (χ2n) is 4.11. The number of benzene rings is 2. The van der Waals surface area contributed by atoms with Crippen LogP contribution in [0, 0.1) is 6.92 Å². The van der Waals surface area contributed by atoms with Crippen molar-refractivity contribution in [3.63, 3.8) is 0 Å². The molecule has 1 N–H and O–H groups in total. The molecule has 0 aromatic heterocycles. The molecule has 92 valence electrons. The van der Waals surface area contributed by atoms with Gasteiger partial charge in [0.25, 0.3) is 0 Å². The molecule has 0 spiro atoms. The molecular formula is C16H16ClN. The van der Waals surface area contributed by atoms with E-state index in [1.54, 1.807) is 0 Å². The van der Waals surface area contributed by atoms with Crippen LogP contribution in [0.5, 0.6) is 0 Å². The van der Waals surface area contributed by atoms with Crippen LogP contribution in [0.2, 0.25) is 5.02 Å². The number of halogens is 1. The molecule has 0 saturated carbocycles. The number of rotatable bonds is 4. The Bertz CT molecular complexity index is 532. The van der Waals surface area contributed by atoms with E-state index in [4.69, 9.17) is 11.6 Å². The van der Waals surface area contributed by atoms with Gasteiger partial charge in [-0.3, -0.25) is 0 Å². The Hall–Kier alpha value is -1.73. The van der Waals surface area contributed by atoms with Crippen LogP contribution in [0.4, 0.5) is 5.69 Å². The standard InChI is InChI=1S/C16H16ClN/c1-13-15(17)10-5-11-16(13)18-12-6-9-14-7-3-2-4-8-14/h2-11,18H,12H2,1H3. The lowest BCUT2D eigenvalue weighted by Gasteiger charge is -2.08. The number of hydrogen-bond acceptors (Lipinski definition) is 1. The summed E-state index contributed by atoms with van der Waals surface area (Å²) < 4.78 is 0. The highest BCUT2D eigenvalue weighted by atomic mass is 35.5. The van der Waals surface area contributed by atoms with Gasteiger partial charge in [-0.15, -0.1) is 0 Å². The van der Waals surface area contributed by atoms with Crippen LogP contribution in [-0.2, 0) is 0 Å². The summed E-state index contributed by atoms with van der Waals surface area (Å²) in [5, 5.41) is 4.15. The molecule has 0 atom stereocenters. The molecule has 0 amide bonds. The monoisotopic (exact) mass is 257 g/mol. The third kappa shape index (κ3) is 3.38. The molecule has 2 heteroatoms. The van der Waals surface area contributed by atoms with Gasteiger partial charge in [-0.2, -0.15) is 0 Å². The molecule has 0 aliphatic heterocycles. The molecule has 0 radical (unpaired) electrons. The molecule has 0 saturated heterocycles. The Balaban J connectivity index is 1.93. The summed E-state index contributed by atoms with van der Waals surface area (Å²) in [6.45, 7) is 2.81. The summed E-state index contributed by atoms with van der Waals surface area (Å²) >= 11 is 6.06. The SMILES string of the molecule is Cc1c(Cl)cccc1NCC=Cc1ccccc1. The fourth-order valence-electron chi connectivity index (χ4n) is 1.73. The Morgan fingerprint density at radius 1 is 1.06 bits per heavy atom. The largest absolute Gasteiger partial charge is 0.381 e. The van der Waals surface area contributed by atoms with Gasteiger partial charge in [-0.1, -0.05) is 60.2 Å². The van der Waals surface area contributed by atoms with Crippen LogP contribution < -0.4 is 5.32 Å². The second kappa shape index (κ2) is 6.27. The fourth-order valence-corrected chi connectivity index (χ4v) is 1.90. The smallest absolute Gasteiger partial charge is 0.0455 e. The van der Waals surface area contributed by atoms with Crippen molar-refractivity contribution in [2.45, 2.75) is 6.92 Å². The van der Waals surface area contributed by atoms with Crippen molar-refractivity contribution < 1.29 is 0 Å². The molecule has 0 aliphatic carbocycles. The highest BCUT2D eigenvalue weighted by Gasteiger charge is 1.99. The molecule has 18 heavy (non-hydrogen) atoms. The maximum Gasteiger partial charge on any atom is 0.0455 e. The Morgan fingerprint density at radius 3 is 2.61 bits per heavy atom. The molecule has 0 aliphatic rings. The third-order valence-electron chi connectivity index (χ3n) is 2.79. The number of hydrogen-bond donors (Lipinski definition) is 1. The van der Waals surface area contributed by atoms with E-state index in [1.807, 2.05) is 43.3 Å². The summed E-state index contributed by atoms with van der Waals surface area (Å²) in [7, 11) is 0. The van der Waals surface area contributed by atoms with E-state index in [2.05, 4.69) is 29.6 Å². The van der Waals surface area contributed by atoms with Crippen molar-refractivity contribution in [2.24, 2.45) is 0 Å². The zero-order chi connectivity index (χ0) is 12.8. The van der Waals surface area contributed by atoms with Gasteiger partial charge < -0.3 is 5.32 Å². The van der Waals surface area contributed by atoms with Crippen LogP contribution >= 0.6 is 11.6 Å². The second-order valence-corrected chi connectivity index (χ2v) is 4.51. The van der Waals surface area contributed by atoms with Crippen molar-refractivity contribution in [3.8, 4) is 0 Å². The van der Waals surface area contributed by atoms with E-state index >= 15 is 0 Å². The van der Waals surface area contributed by atoms with Crippen molar-refractivity contribution in [3.05, 3.63) is 70.8 Å². The average Bonchev–Trinajstić information content (AvgIpc) is 2.40. The zero-order valence-electron chi connectivity index (χ0n) is 10.4. The lowest BCUT2D eigenvalue weighted by molar-refractivity contribution is 1.31. The van der Waals surface area contributed by atoms with Gasteiger partial charge in [0.1, 0.15) is 0 Å². The highest BCUT2D eigenvalue weighted by molar-refractivity contribution is 6.31. The first-order valence-corrected chi connectivity index (χ1v) is 6.36. The summed E-state index contributed by atoms with van der Waals surface area (Å²) in [6.07, 6.45) is 4.21. The molecule has 0 bridgehead atoms. The van der Waals surface area contributed by atoms with E-state index in [1.165, 1.54) is 5.56 Å². The van der Waals surface area contributed by atoms with Crippen LogP contribution in [0.3, 0.4) is 0 Å². The molecule has 2 rings (SSSR count). The Kier molecular flexibility index (Phi) is 4.43. The molecule has 0 fully saturated rings. The minimum atomic E-state index is 0.788. The van der Waals surface area contributed by atoms with Crippen LogP contribution in [-0.4, -0.2) is 6.54 Å². The molecule has 0 heterocycles. The van der Waals surface area contributed by atoms with Gasteiger partial charge in [-0.25, -0.2) is 0 Å². The topological polar surface area (TPSA) is 12.0 Å². The summed E-state index contributed by atoms with van der Waals surface area (Å²) in [4.78, 5) is 0. The number of anilines is 1. The third-order valence-corrected chi connectivity index (χ3v) is 3.20. The molecular weight excluding hydrogens is 242 g/mol. The Morgan fingerprint density at radius 2 is 1.83 bits per heavy atom. The van der Waals surface area contributed by atoms with Crippen LogP contribution in [0.1, 0.15) is 11.1 Å². The van der Waals surface area contributed by atoms with Gasteiger partial charge >= 0.3 is 0 Å². The zero-order valence-corrected chi connectivity index (χ0v) is 11.1. The minimum absolute atomic E-state index is 0.788. The van der Waals surface area contributed by atoms with Crippen LogP contribution in [0.25, 0.3) is 6.08 Å². The fraction of sp³-hybridized carbons (Fsp3) is 0.125. The van der Waals surface area contributed by atoms with Crippen molar-refractivity contribution in [2.75, 3.05) is 11.9 Å². The lowest BCUT2D eigenvalue weighted by atomic mass is 10.2. The van der Waals surface area contributed by atoms with Gasteiger partial charge in [0, 0.05) is 17.3 Å². The van der Waals surface area contributed by atoms with Gasteiger partial charge in [0.15, 0.2) is 0 Å². The first kappa shape index (κ1) is 12.7. The first-order chi connectivity index (χ1) is 8.77. The lowest BCUT2D eigenvalue weighted by Crippen LogP contribution is -2.00. The predicted octanol–water partition coefficient (Wildman–Crippen LogP) is 4.77. The summed E-state index contributed by atoms with van der Waals surface area (Å²) in [5.41, 5.74) is 3.38. The van der Waals surface area contributed by atoms with E-state index in [-0.39, 0.29) is 0 Å². The van der Waals surface area contributed by atoms with Gasteiger partial charge in [0.2, 0.25) is 0 Å². The maximum atomic E-state index is 6.06. The quantitative estimate of drug-likeness (QED) is 0.832. The predicted molar refractivity (Wildman–Crippen MR) is 80.2 cm³/mol. The number of nitrogens with one attached hydrogen (secondary N) is 1. The first-order valence-electron chi connectivity index (χ1n) is 5.98. The summed E-state index contributed by atoms with van der Waals surface area (Å²) in [6, 6.07) is 16.2. The minimum Gasteiger partial charge on any atom is -0.381 e. The molecule has 1 nitrogen and oxygen atoms in total. The van der Waals surface area contributed by atoms with Gasteiger partial charge in [0.05, 0.1) is 0 Å². The Labute approximate surface area is 113 Å². The molecule has 2 aromatic carbocycles. The van der Waals surface area contributed by atoms with Crippen LogP contribution in [0.15, 0.2) is 54.6 Å². The van der Waals surface area contributed by atoms with Crippen molar-refractivity contribution in [1.82, 2.24) is 0 Å². The highest BCUT2D eigenvalue weighted by Crippen LogP contribution is 2.22. The molecule has 0 unspecified atom stereocenters. The van der Waals surface area contributed by atoms with Crippen molar-refractivity contribution >= 4 is 23.4 Å². The molecule has 2 aromatic rings. The van der Waals surface area contributed by atoms with E-state index in [0.717, 1.165) is 22.8 Å². The van der Waals surface area contributed by atoms with Crippen molar-refractivity contribution in [1.29, 1.82) is 0 Å². The van der Waals surface area contributed by atoms with E-state index in [0.29, 0.717) is 0 Å². The van der Waals surface area contributed by atoms with E-state index < -0.39 is 0 Å². The normalized spacial score (nSPS) is 10.8. The average molecular weight is 258 g/mol. The van der Waals surface area contributed by atoms with E-state index in [9.17, 15) is 0 Å². The van der Waals surface area contributed by atoms with Gasteiger partial charge in [-0.05, 0) is 30.2 Å². The maximum absolute atomic E-state index is 6.06. The summed E-state index contributed by atoms with van der Waals surface area (Å²) in [5.74, 6) is 0.